The molecule has 0 saturated heterocycles. The molecule has 1 aromatic carbocycles. The Morgan fingerprint density at radius 1 is 1.21 bits per heavy atom. The van der Waals surface area contributed by atoms with Gasteiger partial charge in [-0.1, -0.05) is 18.5 Å². The number of amides is 1. The molecule has 0 aliphatic rings. The van der Waals surface area contributed by atoms with Crippen molar-refractivity contribution in [2.24, 2.45) is 4.99 Å². The van der Waals surface area contributed by atoms with E-state index in [0.29, 0.717) is 5.96 Å². The minimum Gasteiger partial charge on any atom is -0.356 e. The van der Waals surface area contributed by atoms with E-state index in [2.05, 4.69) is 22.5 Å². The lowest BCUT2D eigenvalue weighted by Crippen LogP contribution is -2.39. The molecule has 0 radical (unpaired) electrons. The number of thioether (sulfide) groups is 1. The Bertz CT molecular complexity index is 511. The second kappa shape index (κ2) is 13.6. The highest BCUT2D eigenvalue weighted by Crippen LogP contribution is 2.19. The summed E-state index contributed by atoms with van der Waals surface area (Å²) >= 11 is 7.61. The zero-order valence-corrected chi connectivity index (χ0v) is 18.2. The van der Waals surface area contributed by atoms with Crippen LogP contribution in [0.25, 0.3) is 0 Å². The standard InChI is InChI=1S/C16H25ClN4OS.HI/c1-4-9-18-16(20-12-15(22)21(2)3)19-10-11-23-14-7-5-13(17)6-8-14;/h5-8H,4,9-12H2,1-3H3,(H2,18,19,20);1H. The molecule has 1 aromatic rings. The number of likely N-dealkylation sites (N-methyl/N-ethyl adjacent to an activating group) is 1. The van der Waals surface area contributed by atoms with Gasteiger partial charge in [0, 0.05) is 42.9 Å². The van der Waals surface area contributed by atoms with Crippen molar-refractivity contribution in [3.05, 3.63) is 29.3 Å². The Hall–Kier alpha value is -0.670. The number of guanidine groups is 1. The maximum atomic E-state index is 11.6. The lowest BCUT2D eigenvalue weighted by atomic mass is 10.4. The van der Waals surface area contributed by atoms with Crippen molar-refractivity contribution in [1.82, 2.24) is 15.5 Å². The first-order chi connectivity index (χ1) is 11.0. The minimum absolute atomic E-state index is 0. The fourth-order valence-electron chi connectivity index (χ4n) is 1.57. The molecule has 8 heteroatoms. The first kappa shape index (κ1) is 23.3. The first-order valence-corrected chi connectivity index (χ1v) is 9.00. The van der Waals surface area contributed by atoms with Crippen molar-refractivity contribution in [1.29, 1.82) is 0 Å². The van der Waals surface area contributed by atoms with Gasteiger partial charge in [-0.15, -0.1) is 35.7 Å². The molecule has 5 nitrogen and oxygen atoms in total. The molecular weight excluding hydrogens is 459 g/mol. The van der Waals surface area contributed by atoms with Gasteiger partial charge in [0.25, 0.3) is 0 Å². The summed E-state index contributed by atoms with van der Waals surface area (Å²) in [6, 6.07) is 7.79. The van der Waals surface area contributed by atoms with E-state index in [4.69, 9.17) is 11.6 Å². The van der Waals surface area contributed by atoms with Crippen LogP contribution in [-0.4, -0.2) is 56.2 Å². The number of hydrogen-bond acceptors (Lipinski definition) is 3. The highest BCUT2D eigenvalue weighted by atomic mass is 127. The predicted molar refractivity (Wildman–Crippen MR) is 115 cm³/mol. The number of benzene rings is 1. The van der Waals surface area contributed by atoms with Crippen molar-refractivity contribution >= 4 is 59.2 Å². The Kier molecular flexibility index (Phi) is 13.2. The van der Waals surface area contributed by atoms with E-state index in [1.54, 1.807) is 25.9 Å². The molecule has 0 aliphatic carbocycles. The van der Waals surface area contributed by atoms with E-state index in [9.17, 15) is 4.79 Å². The molecule has 1 rings (SSSR count). The van der Waals surface area contributed by atoms with Gasteiger partial charge in [0.15, 0.2) is 5.96 Å². The zero-order valence-electron chi connectivity index (χ0n) is 14.3. The summed E-state index contributed by atoms with van der Waals surface area (Å²) in [4.78, 5) is 18.6. The van der Waals surface area contributed by atoms with Crippen LogP contribution in [0.2, 0.25) is 5.02 Å². The van der Waals surface area contributed by atoms with Crippen LogP contribution >= 0.6 is 47.3 Å². The SMILES string of the molecule is CCCNC(=NCC(=O)N(C)C)NCCSc1ccc(Cl)cc1.I. The van der Waals surface area contributed by atoms with E-state index >= 15 is 0 Å². The van der Waals surface area contributed by atoms with Gasteiger partial charge in [0.2, 0.25) is 5.91 Å². The second-order valence-corrected chi connectivity index (χ2v) is 6.71. The number of carbonyl (C=O) groups is 1. The van der Waals surface area contributed by atoms with Gasteiger partial charge in [-0.05, 0) is 30.7 Å². The third-order valence-electron chi connectivity index (χ3n) is 2.89. The quantitative estimate of drug-likeness (QED) is 0.196. The zero-order chi connectivity index (χ0) is 17.1. The number of halogens is 2. The molecule has 2 N–H and O–H groups in total. The predicted octanol–water partition coefficient (Wildman–Crippen LogP) is 3.08. The summed E-state index contributed by atoms with van der Waals surface area (Å²) in [6.07, 6.45) is 1.00. The van der Waals surface area contributed by atoms with Crippen molar-refractivity contribution in [3.63, 3.8) is 0 Å². The lowest BCUT2D eigenvalue weighted by molar-refractivity contribution is -0.127. The topological polar surface area (TPSA) is 56.7 Å². The Labute approximate surface area is 171 Å². The van der Waals surface area contributed by atoms with Crippen LogP contribution in [-0.2, 0) is 4.79 Å². The molecule has 0 heterocycles. The molecule has 0 spiro atoms. The molecule has 0 atom stereocenters. The molecule has 0 saturated carbocycles. The molecule has 0 aromatic heterocycles. The van der Waals surface area contributed by atoms with E-state index in [1.807, 2.05) is 24.3 Å². The Balaban J connectivity index is 0.00000529. The van der Waals surface area contributed by atoms with E-state index in [-0.39, 0.29) is 36.4 Å². The van der Waals surface area contributed by atoms with Crippen molar-refractivity contribution < 1.29 is 4.79 Å². The summed E-state index contributed by atoms with van der Waals surface area (Å²) in [5.74, 6) is 1.56. The van der Waals surface area contributed by atoms with Crippen LogP contribution in [0, 0.1) is 0 Å². The van der Waals surface area contributed by atoms with E-state index in [0.717, 1.165) is 30.3 Å². The number of hydrogen-bond donors (Lipinski definition) is 2. The van der Waals surface area contributed by atoms with E-state index in [1.165, 1.54) is 9.80 Å². The third-order valence-corrected chi connectivity index (χ3v) is 4.16. The number of carbonyl (C=O) groups excluding carboxylic acids is 1. The average Bonchev–Trinajstić information content (AvgIpc) is 2.54. The van der Waals surface area contributed by atoms with Crippen LogP contribution < -0.4 is 10.6 Å². The van der Waals surface area contributed by atoms with Crippen LogP contribution in [0.15, 0.2) is 34.2 Å². The van der Waals surface area contributed by atoms with E-state index < -0.39 is 0 Å². The fraction of sp³-hybridized carbons (Fsp3) is 0.500. The first-order valence-electron chi connectivity index (χ1n) is 7.63. The molecule has 0 fully saturated rings. The largest absolute Gasteiger partial charge is 0.356 e. The summed E-state index contributed by atoms with van der Waals surface area (Å²) in [5.41, 5.74) is 0. The summed E-state index contributed by atoms with van der Waals surface area (Å²) < 4.78 is 0. The normalized spacial score (nSPS) is 10.8. The number of aliphatic imine (C=N–C) groups is 1. The minimum atomic E-state index is -0.0156. The molecule has 24 heavy (non-hydrogen) atoms. The lowest BCUT2D eigenvalue weighted by Gasteiger charge is -2.13. The highest BCUT2D eigenvalue weighted by Gasteiger charge is 2.04. The molecule has 136 valence electrons. The second-order valence-electron chi connectivity index (χ2n) is 5.11. The van der Waals surface area contributed by atoms with Gasteiger partial charge in [0.1, 0.15) is 6.54 Å². The number of nitrogens with zero attached hydrogens (tertiary/aromatic N) is 2. The van der Waals surface area contributed by atoms with Gasteiger partial charge in [-0.3, -0.25) is 4.79 Å². The van der Waals surface area contributed by atoms with Crippen molar-refractivity contribution in [3.8, 4) is 0 Å². The molecular formula is C16H26ClIN4OS. The molecule has 0 bridgehead atoms. The summed E-state index contributed by atoms with van der Waals surface area (Å²) in [5, 5.41) is 7.21. The summed E-state index contributed by atoms with van der Waals surface area (Å²) in [6.45, 7) is 3.83. The fourth-order valence-corrected chi connectivity index (χ4v) is 2.47. The van der Waals surface area contributed by atoms with Crippen LogP contribution in [0.4, 0.5) is 0 Å². The van der Waals surface area contributed by atoms with Crippen molar-refractivity contribution in [2.75, 3.05) is 39.5 Å². The monoisotopic (exact) mass is 484 g/mol. The van der Waals surface area contributed by atoms with Gasteiger partial charge in [0.05, 0.1) is 0 Å². The summed E-state index contributed by atoms with van der Waals surface area (Å²) in [7, 11) is 3.46. The number of rotatable bonds is 8. The third kappa shape index (κ3) is 10.2. The van der Waals surface area contributed by atoms with Crippen LogP contribution in [0.1, 0.15) is 13.3 Å². The van der Waals surface area contributed by atoms with Crippen molar-refractivity contribution in [2.45, 2.75) is 18.2 Å². The average molecular weight is 485 g/mol. The maximum Gasteiger partial charge on any atom is 0.243 e. The Morgan fingerprint density at radius 3 is 2.42 bits per heavy atom. The van der Waals surface area contributed by atoms with Gasteiger partial charge in [-0.2, -0.15) is 0 Å². The maximum absolute atomic E-state index is 11.6. The smallest absolute Gasteiger partial charge is 0.243 e. The molecule has 1 amide bonds. The molecule has 0 unspecified atom stereocenters. The number of nitrogens with one attached hydrogen (secondary N) is 2. The van der Waals surface area contributed by atoms with Gasteiger partial charge >= 0.3 is 0 Å². The van der Waals surface area contributed by atoms with Crippen LogP contribution in [0.3, 0.4) is 0 Å². The Morgan fingerprint density at radius 2 is 1.83 bits per heavy atom. The van der Waals surface area contributed by atoms with Gasteiger partial charge < -0.3 is 15.5 Å². The molecule has 0 aliphatic heterocycles. The van der Waals surface area contributed by atoms with Crippen LogP contribution in [0.5, 0.6) is 0 Å². The highest BCUT2D eigenvalue weighted by molar-refractivity contribution is 14.0. The van der Waals surface area contributed by atoms with Gasteiger partial charge in [-0.25, -0.2) is 4.99 Å².